The minimum Gasteiger partial charge on any atom is -0.348 e. The minimum atomic E-state index is -3.36. The van der Waals surface area contributed by atoms with Crippen molar-refractivity contribution in [2.24, 2.45) is 0 Å². The number of halogens is 2. The van der Waals surface area contributed by atoms with Crippen LogP contribution in [0.1, 0.15) is 35.3 Å². The van der Waals surface area contributed by atoms with Crippen molar-refractivity contribution < 1.29 is 13.2 Å². The van der Waals surface area contributed by atoms with Gasteiger partial charge in [0, 0.05) is 17.6 Å². The van der Waals surface area contributed by atoms with E-state index in [1.807, 2.05) is 0 Å². The number of carbonyl (C=O) groups excluding carboxylic acids is 1. The Morgan fingerprint density at radius 2 is 1.65 bits per heavy atom. The van der Waals surface area contributed by atoms with E-state index in [0.29, 0.717) is 27.7 Å². The van der Waals surface area contributed by atoms with Crippen LogP contribution in [0.4, 0.5) is 0 Å². The topological polar surface area (TPSA) is 75.3 Å². The maximum absolute atomic E-state index is 12.2. The predicted molar refractivity (Wildman–Crippen MR) is 105 cm³/mol. The smallest absolute Gasteiger partial charge is 0.253 e. The van der Waals surface area contributed by atoms with Crippen LogP contribution in [0.2, 0.25) is 10.0 Å². The molecular formula is C18H20Cl2N2O3S. The zero-order chi connectivity index (χ0) is 19.3. The van der Waals surface area contributed by atoms with Crippen molar-refractivity contribution in [3.05, 3.63) is 69.2 Å². The molecule has 2 aromatic carbocycles. The highest BCUT2D eigenvalue weighted by atomic mass is 35.5. The molecule has 0 heterocycles. The Morgan fingerprint density at radius 1 is 1.04 bits per heavy atom. The number of hydrogen-bond acceptors (Lipinski definition) is 3. The molecule has 0 atom stereocenters. The molecule has 0 aliphatic rings. The van der Waals surface area contributed by atoms with Crippen molar-refractivity contribution in [3.8, 4) is 0 Å². The van der Waals surface area contributed by atoms with Gasteiger partial charge in [0.2, 0.25) is 10.0 Å². The first kappa shape index (κ1) is 20.7. The van der Waals surface area contributed by atoms with E-state index in [2.05, 4.69) is 10.0 Å². The Morgan fingerprint density at radius 3 is 2.27 bits per heavy atom. The molecule has 0 saturated heterocycles. The number of hydrogen-bond donors (Lipinski definition) is 2. The summed E-state index contributed by atoms with van der Waals surface area (Å²) < 4.78 is 26.4. The summed E-state index contributed by atoms with van der Waals surface area (Å²) >= 11 is 11.9. The highest BCUT2D eigenvalue weighted by Gasteiger charge is 2.13. The standard InChI is InChI=1S/C18H20Cl2N2O3S/c1-12(2)22-26(24,25)11-14-5-3-13(4-6-14)10-21-18(23)16-9-15(19)7-8-17(16)20/h3-9,12,22H,10-11H2,1-2H3,(H,21,23). The van der Waals surface area contributed by atoms with Crippen LogP contribution in [0.25, 0.3) is 0 Å². The van der Waals surface area contributed by atoms with Crippen LogP contribution >= 0.6 is 23.2 Å². The van der Waals surface area contributed by atoms with Gasteiger partial charge in [-0.2, -0.15) is 0 Å². The van der Waals surface area contributed by atoms with Gasteiger partial charge in [0.15, 0.2) is 0 Å². The minimum absolute atomic E-state index is 0.0874. The Balaban J connectivity index is 1.97. The van der Waals surface area contributed by atoms with Crippen LogP contribution < -0.4 is 10.0 Å². The third-order valence-corrected chi connectivity index (χ3v) is 5.53. The van der Waals surface area contributed by atoms with Gasteiger partial charge in [0.1, 0.15) is 0 Å². The van der Waals surface area contributed by atoms with Crippen LogP contribution in [0.15, 0.2) is 42.5 Å². The number of amides is 1. The first-order chi connectivity index (χ1) is 12.2. The van der Waals surface area contributed by atoms with Crippen molar-refractivity contribution in [2.45, 2.75) is 32.2 Å². The van der Waals surface area contributed by atoms with E-state index < -0.39 is 10.0 Å². The van der Waals surface area contributed by atoms with Crippen LogP contribution in [-0.2, 0) is 22.3 Å². The SMILES string of the molecule is CC(C)NS(=O)(=O)Cc1ccc(CNC(=O)c2cc(Cl)ccc2Cl)cc1. The lowest BCUT2D eigenvalue weighted by atomic mass is 10.1. The van der Waals surface area contributed by atoms with Gasteiger partial charge >= 0.3 is 0 Å². The number of sulfonamides is 1. The summed E-state index contributed by atoms with van der Waals surface area (Å²) in [6.45, 7) is 3.84. The third-order valence-electron chi connectivity index (χ3n) is 3.42. The first-order valence-electron chi connectivity index (χ1n) is 7.97. The third kappa shape index (κ3) is 6.29. The highest BCUT2D eigenvalue weighted by molar-refractivity contribution is 7.88. The van der Waals surface area contributed by atoms with Crippen molar-refractivity contribution in [3.63, 3.8) is 0 Å². The van der Waals surface area contributed by atoms with E-state index in [1.54, 1.807) is 50.2 Å². The van der Waals surface area contributed by atoms with E-state index in [-0.39, 0.29) is 17.7 Å². The molecule has 5 nitrogen and oxygen atoms in total. The molecule has 0 fully saturated rings. The van der Waals surface area contributed by atoms with Gasteiger partial charge in [-0.3, -0.25) is 4.79 Å². The summed E-state index contributed by atoms with van der Waals surface area (Å²) in [5.74, 6) is -0.416. The lowest BCUT2D eigenvalue weighted by molar-refractivity contribution is 0.0951. The van der Waals surface area contributed by atoms with Crippen LogP contribution in [0, 0.1) is 0 Å². The van der Waals surface area contributed by atoms with Crippen molar-refractivity contribution in [1.29, 1.82) is 0 Å². The summed E-state index contributed by atoms with van der Waals surface area (Å²) in [5.41, 5.74) is 1.82. The molecule has 0 aromatic heterocycles. The molecular weight excluding hydrogens is 395 g/mol. The van der Waals surface area contributed by atoms with Crippen LogP contribution in [0.5, 0.6) is 0 Å². The van der Waals surface area contributed by atoms with E-state index in [1.165, 1.54) is 6.07 Å². The maximum atomic E-state index is 12.2. The second-order valence-electron chi connectivity index (χ2n) is 6.15. The molecule has 0 saturated carbocycles. The van der Waals surface area contributed by atoms with Crippen molar-refractivity contribution in [1.82, 2.24) is 10.0 Å². The number of rotatable bonds is 7. The molecule has 2 N–H and O–H groups in total. The van der Waals surface area contributed by atoms with Gasteiger partial charge in [-0.25, -0.2) is 13.1 Å². The monoisotopic (exact) mass is 414 g/mol. The Hall–Kier alpha value is -1.60. The van der Waals surface area contributed by atoms with Crippen LogP contribution in [-0.4, -0.2) is 20.4 Å². The van der Waals surface area contributed by atoms with Gasteiger partial charge < -0.3 is 5.32 Å². The molecule has 0 unspecified atom stereocenters. The fourth-order valence-corrected chi connectivity index (χ4v) is 4.13. The number of nitrogens with one attached hydrogen (secondary N) is 2. The maximum Gasteiger partial charge on any atom is 0.253 e. The van der Waals surface area contributed by atoms with Gasteiger partial charge in [-0.05, 0) is 43.2 Å². The molecule has 2 rings (SSSR count). The molecule has 0 spiro atoms. The summed E-state index contributed by atoms with van der Waals surface area (Å²) in [4.78, 5) is 12.2. The largest absolute Gasteiger partial charge is 0.348 e. The Labute approximate surface area is 163 Å². The molecule has 0 aliphatic carbocycles. The van der Waals surface area contributed by atoms with E-state index in [9.17, 15) is 13.2 Å². The van der Waals surface area contributed by atoms with E-state index in [0.717, 1.165) is 5.56 Å². The fraction of sp³-hybridized carbons (Fsp3) is 0.278. The Bertz CT molecular complexity index is 882. The molecule has 0 aliphatic heterocycles. The number of carbonyl (C=O) groups is 1. The predicted octanol–water partition coefficient (Wildman–Crippen LogP) is 3.75. The normalized spacial score (nSPS) is 11.6. The summed E-state index contributed by atoms with van der Waals surface area (Å²) in [5, 5.41) is 3.52. The van der Waals surface area contributed by atoms with Crippen LogP contribution in [0.3, 0.4) is 0 Å². The van der Waals surface area contributed by atoms with Crippen molar-refractivity contribution in [2.75, 3.05) is 0 Å². The first-order valence-corrected chi connectivity index (χ1v) is 10.4. The molecule has 0 bridgehead atoms. The summed E-state index contributed by atoms with van der Waals surface area (Å²) in [6.07, 6.45) is 0. The lowest BCUT2D eigenvalue weighted by Gasteiger charge is -2.10. The zero-order valence-electron chi connectivity index (χ0n) is 14.4. The van der Waals surface area contributed by atoms with Gasteiger partial charge in [0.05, 0.1) is 16.3 Å². The molecule has 140 valence electrons. The zero-order valence-corrected chi connectivity index (χ0v) is 16.8. The highest BCUT2D eigenvalue weighted by Crippen LogP contribution is 2.20. The summed E-state index contributed by atoms with van der Waals surface area (Å²) in [7, 11) is -3.36. The molecule has 1 amide bonds. The molecule has 0 radical (unpaired) electrons. The average Bonchev–Trinajstić information content (AvgIpc) is 2.54. The lowest BCUT2D eigenvalue weighted by Crippen LogP contribution is -2.31. The van der Waals surface area contributed by atoms with Gasteiger partial charge in [-0.15, -0.1) is 0 Å². The fourth-order valence-electron chi connectivity index (χ4n) is 2.32. The second-order valence-corrected chi connectivity index (χ2v) is 8.75. The second kappa shape index (κ2) is 8.86. The van der Waals surface area contributed by atoms with Gasteiger partial charge in [-0.1, -0.05) is 47.5 Å². The Kier molecular flexibility index (Phi) is 7.06. The van der Waals surface area contributed by atoms with Gasteiger partial charge in [0.25, 0.3) is 5.91 Å². The van der Waals surface area contributed by atoms with E-state index in [4.69, 9.17) is 23.2 Å². The molecule has 26 heavy (non-hydrogen) atoms. The quantitative estimate of drug-likeness (QED) is 0.723. The molecule has 2 aromatic rings. The van der Waals surface area contributed by atoms with Crippen molar-refractivity contribution >= 4 is 39.1 Å². The average molecular weight is 415 g/mol. The number of benzene rings is 2. The summed E-state index contributed by atoms with van der Waals surface area (Å²) in [6, 6.07) is 11.6. The molecule has 8 heteroatoms. The van der Waals surface area contributed by atoms with E-state index >= 15 is 0 Å².